The lowest BCUT2D eigenvalue weighted by atomic mass is 10.0. The Morgan fingerprint density at radius 3 is 2.52 bits per heavy atom. The summed E-state index contributed by atoms with van der Waals surface area (Å²) in [5.74, 6) is 1.59. The summed E-state index contributed by atoms with van der Waals surface area (Å²) in [6.45, 7) is 3.26. The predicted octanol–water partition coefficient (Wildman–Crippen LogP) is 5.37. The zero-order valence-corrected chi connectivity index (χ0v) is 14.8. The molecule has 0 N–H and O–H groups in total. The maximum atomic E-state index is 13.4. The SMILES string of the molecule is CCC(F)(F)Oc1ccc(-c2ccc3onc(-n4ccnc4C)c3c2)cc1. The third-order valence-corrected chi connectivity index (χ3v) is 4.37. The third kappa shape index (κ3) is 3.28. The Kier molecular flexibility index (Phi) is 4.14. The van der Waals surface area contributed by atoms with E-state index in [0.29, 0.717) is 11.4 Å². The second-order valence-corrected chi connectivity index (χ2v) is 6.18. The molecular formula is C20H17F2N3O2. The fraction of sp³-hybridized carbons (Fsp3) is 0.200. The molecule has 27 heavy (non-hydrogen) atoms. The second-order valence-electron chi connectivity index (χ2n) is 6.18. The Bertz CT molecular complexity index is 1080. The lowest BCUT2D eigenvalue weighted by molar-refractivity contribution is -0.177. The number of benzene rings is 2. The molecule has 138 valence electrons. The molecule has 2 aromatic heterocycles. The van der Waals surface area contributed by atoms with E-state index in [0.717, 1.165) is 22.3 Å². The van der Waals surface area contributed by atoms with Crippen LogP contribution in [0.25, 0.3) is 27.9 Å². The van der Waals surface area contributed by atoms with Crippen LogP contribution in [0.3, 0.4) is 0 Å². The summed E-state index contributed by atoms with van der Waals surface area (Å²) >= 11 is 0. The van der Waals surface area contributed by atoms with Gasteiger partial charge in [0.05, 0.1) is 5.39 Å². The van der Waals surface area contributed by atoms with Crippen LogP contribution in [0, 0.1) is 6.92 Å². The Balaban J connectivity index is 1.69. The average Bonchev–Trinajstić information content (AvgIpc) is 3.27. The molecule has 4 aromatic rings. The Morgan fingerprint density at radius 1 is 1.11 bits per heavy atom. The molecule has 7 heteroatoms. The number of hydrogen-bond donors (Lipinski definition) is 0. The van der Waals surface area contributed by atoms with Crippen molar-refractivity contribution in [2.75, 3.05) is 0 Å². The van der Waals surface area contributed by atoms with Gasteiger partial charge in [0.15, 0.2) is 11.4 Å². The number of ether oxygens (including phenoxy) is 1. The molecule has 0 bridgehead atoms. The number of imidazole rings is 1. The van der Waals surface area contributed by atoms with Gasteiger partial charge in [-0.05, 0) is 42.3 Å². The van der Waals surface area contributed by atoms with Crippen LogP contribution in [-0.4, -0.2) is 20.8 Å². The molecule has 0 spiro atoms. The summed E-state index contributed by atoms with van der Waals surface area (Å²) in [6.07, 6.45) is -0.0281. The van der Waals surface area contributed by atoms with Gasteiger partial charge in [0.25, 0.3) is 0 Å². The monoisotopic (exact) mass is 369 g/mol. The van der Waals surface area contributed by atoms with Crippen LogP contribution in [-0.2, 0) is 0 Å². The molecule has 0 radical (unpaired) electrons. The van der Waals surface area contributed by atoms with Crippen molar-refractivity contribution in [3.63, 3.8) is 0 Å². The molecule has 0 saturated heterocycles. The van der Waals surface area contributed by atoms with Gasteiger partial charge >= 0.3 is 6.11 Å². The van der Waals surface area contributed by atoms with E-state index in [-0.39, 0.29) is 12.2 Å². The summed E-state index contributed by atoms with van der Waals surface area (Å²) < 4.78 is 38.7. The lowest BCUT2D eigenvalue weighted by Crippen LogP contribution is -2.22. The van der Waals surface area contributed by atoms with E-state index in [4.69, 9.17) is 9.26 Å². The molecule has 5 nitrogen and oxygen atoms in total. The molecule has 0 fully saturated rings. The van der Waals surface area contributed by atoms with Gasteiger partial charge in [0.2, 0.25) is 0 Å². The zero-order chi connectivity index (χ0) is 19.0. The number of hydrogen-bond acceptors (Lipinski definition) is 4. The van der Waals surface area contributed by atoms with Crippen LogP contribution in [0.15, 0.2) is 59.4 Å². The van der Waals surface area contributed by atoms with Crippen LogP contribution < -0.4 is 4.74 Å². The van der Waals surface area contributed by atoms with E-state index in [1.807, 2.05) is 35.9 Å². The van der Waals surface area contributed by atoms with Crippen LogP contribution in [0.1, 0.15) is 19.2 Å². The fourth-order valence-corrected chi connectivity index (χ4v) is 2.84. The highest BCUT2D eigenvalue weighted by atomic mass is 19.3. The maximum absolute atomic E-state index is 13.4. The molecule has 2 heterocycles. The van der Waals surface area contributed by atoms with Crippen LogP contribution >= 0.6 is 0 Å². The topological polar surface area (TPSA) is 53.1 Å². The van der Waals surface area contributed by atoms with E-state index in [1.54, 1.807) is 18.3 Å². The van der Waals surface area contributed by atoms with E-state index in [2.05, 4.69) is 10.1 Å². The molecule has 4 rings (SSSR count). The van der Waals surface area contributed by atoms with Crippen LogP contribution in [0.5, 0.6) is 5.75 Å². The Labute approximate surface area is 154 Å². The van der Waals surface area contributed by atoms with Crippen molar-refractivity contribution >= 4 is 11.0 Å². The molecule has 0 saturated carbocycles. The minimum atomic E-state index is -3.17. The molecule has 2 aromatic carbocycles. The van der Waals surface area contributed by atoms with Gasteiger partial charge in [0.1, 0.15) is 11.6 Å². The molecule has 0 unspecified atom stereocenters. The van der Waals surface area contributed by atoms with Crippen molar-refractivity contribution in [3.05, 3.63) is 60.7 Å². The minimum Gasteiger partial charge on any atom is -0.433 e. The van der Waals surface area contributed by atoms with Gasteiger partial charge in [-0.25, -0.2) is 4.98 Å². The normalized spacial score (nSPS) is 11.9. The molecule has 0 atom stereocenters. The van der Waals surface area contributed by atoms with Gasteiger partial charge in [-0.2, -0.15) is 8.78 Å². The average molecular weight is 369 g/mol. The third-order valence-electron chi connectivity index (χ3n) is 4.37. The first-order valence-electron chi connectivity index (χ1n) is 8.54. The van der Waals surface area contributed by atoms with E-state index in [1.165, 1.54) is 19.1 Å². The highest BCUT2D eigenvalue weighted by Gasteiger charge is 2.28. The summed E-state index contributed by atoms with van der Waals surface area (Å²) in [6, 6.07) is 12.3. The predicted molar refractivity (Wildman–Crippen MR) is 97.2 cm³/mol. The number of rotatable bonds is 5. The Hall–Kier alpha value is -3.22. The number of alkyl halides is 2. The molecule has 0 aliphatic heterocycles. The zero-order valence-electron chi connectivity index (χ0n) is 14.8. The van der Waals surface area contributed by atoms with Crippen molar-refractivity contribution < 1.29 is 18.0 Å². The summed E-state index contributed by atoms with van der Waals surface area (Å²) in [7, 11) is 0. The number of aromatic nitrogens is 3. The Morgan fingerprint density at radius 2 is 1.85 bits per heavy atom. The highest BCUT2D eigenvalue weighted by Crippen LogP contribution is 2.31. The highest BCUT2D eigenvalue weighted by molar-refractivity contribution is 5.88. The van der Waals surface area contributed by atoms with Crippen molar-refractivity contribution in [2.24, 2.45) is 0 Å². The lowest BCUT2D eigenvalue weighted by Gasteiger charge is -2.16. The van der Waals surface area contributed by atoms with Crippen molar-refractivity contribution in [1.29, 1.82) is 0 Å². The fourth-order valence-electron chi connectivity index (χ4n) is 2.84. The maximum Gasteiger partial charge on any atom is 0.397 e. The number of fused-ring (bicyclic) bond motifs is 1. The van der Waals surface area contributed by atoms with Gasteiger partial charge < -0.3 is 9.26 Å². The largest absolute Gasteiger partial charge is 0.433 e. The summed E-state index contributed by atoms with van der Waals surface area (Å²) in [5.41, 5.74) is 2.45. The van der Waals surface area contributed by atoms with Crippen molar-refractivity contribution in [3.8, 4) is 22.7 Å². The molecule has 0 aliphatic carbocycles. The summed E-state index contributed by atoms with van der Waals surface area (Å²) in [5, 5.41) is 4.98. The minimum absolute atomic E-state index is 0.131. The number of nitrogens with zero attached hydrogens (tertiary/aromatic N) is 3. The van der Waals surface area contributed by atoms with Crippen molar-refractivity contribution in [2.45, 2.75) is 26.4 Å². The molecule has 0 aliphatic rings. The van der Waals surface area contributed by atoms with Gasteiger partial charge in [-0.3, -0.25) is 4.57 Å². The van der Waals surface area contributed by atoms with Gasteiger partial charge in [0, 0.05) is 18.8 Å². The van der Waals surface area contributed by atoms with Gasteiger partial charge in [-0.1, -0.05) is 30.3 Å². The van der Waals surface area contributed by atoms with Crippen LogP contribution in [0.2, 0.25) is 0 Å². The van der Waals surface area contributed by atoms with E-state index in [9.17, 15) is 8.78 Å². The molecular weight excluding hydrogens is 352 g/mol. The molecule has 0 amide bonds. The van der Waals surface area contributed by atoms with E-state index < -0.39 is 6.11 Å². The quantitative estimate of drug-likeness (QED) is 0.474. The van der Waals surface area contributed by atoms with Crippen molar-refractivity contribution in [1.82, 2.24) is 14.7 Å². The van der Waals surface area contributed by atoms with Gasteiger partial charge in [-0.15, -0.1) is 0 Å². The first-order chi connectivity index (χ1) is 13.0. The standard InChI is InChI=1S/C20H17F2N3O2/c1-3-20(21,22)26-16-7-4-14(5-8-16)15-6-9-18-17(12-15)19(24-27-18)25-11-10-23-13(25)2/h4-12H,3H2,1-2H3. The smallest absolute Gasteiger partial charge is 0.397 e. The first kappa shape index (κ1) is 17.2. The summed E-state index contributed by atoms with van der Waals surface area (Å²) in [4.78, 5) is 4.21. The van der Waals surface area contributed by atoms with Crippen LogP contribution in [0.4, 0.5) is 8.78 Å². The number of aryl methyl sites for hydroxylation is 1. The second kappa shape index (κ2) is 6.50. The number of halogens is 2. The van der Waals surface area contributed by atoms with E-state index >= 15 is 0 Å². The first-order valence-corrected chi connectivity index (χ1v) is 8.54.